The first-order valence-electron chi connectivity index (χ1n) is 6.34. The molecule has 1 heterocycles. The SMILES string of the molecule is O=Cc1ccc(C2Nc3cccc(C(=O)O)c3C2=O)cc1. The Morgan fingerprint density at radius 2 is 1.86 bits per heavy atom. The number of rotatable bonds is 3. The van der Waals surface area contributed by atoms with Gasteiger partial charge in [-0.1, -0.05) is 30.3 Å². The smallest absolute Gasteiger partial charge is 0.336 e. The van der Waals surface area contributed by atoms with E-state index in [0.717, 1.165) is 6.29 Å². The van der Waals surface area contributed by atoms with E-state index in [0.29, 0.717) is 16.8 Å². The van der Waals surface area contributed by atoms with Crippen LogP contribution in [0.15, 0.2) is 42.5 Å². The van der Waals surface area contributed by atoms with Crippen LogP contribution in [-0.2, 0) is 0 Å². The quantitative estimate of drug-likeness (QED) is 0.845. The molecular weight excluding hydrogens is 270 g/mol. The summed E-state index contributed by atoms with van der Waals surface area (Å²) in [5, 5.41) is 12.2. The number of carbonyl (C=O) groups excluding carboxylic acids is 2. The second kappa shape index (κ2) is 4.86. The lowest BCUT2D eigenvalue weighted by molar-refractivity contribution is 0.0692. The Hall–Kier alpha value is -2.95. The normalized spacial score (nSPS) is 16.2. The van der Waals surface area contributed by atoms with Gasteiger partial charge in [-0.05, 0) is 17.7 Å². The van der Waals surface area contributed by atoms with E-state index in [1.807, 2.05) is 0 Å². The van der Waals surface area contributed by atoms with Gasteiger partial charge in [0.2, 0.25) is 0 Å². The van der Waals surface area contributed by atoms with E-state index in [1.165, 1.54) is 6.07 Å². The van der Waals surface area contributed by atoms with E-state index in [9.17, 15) is 19.5 Å². The van der Waals surface area contributed by atoms with Crippen LogP contribution in [0.2, 0.25) is 0 Å². The number of hydrogen-bond donors (Lipinski definition) is 2. The zero-order valence-corrected chi connectivity index (χ0v) is 10.9. The van der Waals surface area contributed by atoms with E-state index >= 15 is 0 Å². The minimum atomic E-state index is -1.13. The summed E-state index contributed by atoms with van der Waals surface area (Å²) < 4.78 is 0. The second-order valence-electron chi connectivity index (χ2n) is 4.76. The van der Waals surface area contributed by atoms with E-state index < -0.39 is 12.0 Å². The van der Waals surface area contributed by atoms with Gasteiger partial charge in [0.05, 0.1) is 11.1 Å². The van der Waals surface area contributed by atoms with E-state index in [2.05, 4.69) is 5.32 Å². The third kappa shape index (κ3) is 2.08. The van der Waals surface area contributed by atoms with Gasteiger partial charge >= 0.3 is 5.97 Å². The lowest BCUT2D eigenvalue weighted by Gasteiger charge is -2.10. The Kier molecular flexibility index (Phi) is 3.02. The molecular formula is C16H11NO4. The van der Waals surface area contributed by atoms with E-state index in [-0.39, 0.29) is 16.9 Å². The predicted octanol–water partition coefficient (Wildman–Crippen LogP) is 2.55. The zero-order chi connectivity index (χ0) is 15.0. The number of Topliss-reactive ketones (excluding diaryl/α,β-unsaturated/α-hetero) is 1. The molecule has 0 amide bonds. The fraction of sp³-hybridized carbons (Fsp3) is 0.0625. The van der Waals surface area contributed by atoms with Crippen LogP contribution in [0.5, 0.6) is 0 Å². The highest BCUT2D eigenvalue weighted by Gasteiger charge is 2.34. The van der Waals surface area contributed by atoms with Crippen molar-refractivity contribution in [2.24, 2.45) is 0 Å². The van der Waals surface area contributed by atoms with Gasteiger partial charge in [0.15, 0.2) is 5.78 Å². The molecule has 0 radical (unpaired) electrons. The van der Waals surface area contributed by atoms with Crippen LogP contribution in [0, 0.1) is 0 Å². The van der Waals surface area contributed by atoms with Gasteiger partial charge in [-0.2, -0.15) is 0 Å². The molecule has 5 heteroatoms. The molecule has 0 saturated carbocycles. The second-order valence-corrected chi connectivity index (χ2v) is 4.76. The van der Waals surface area contributed by atoms with Crippen LogP contribution in [0.1, 0.15) is 42.7 Å². The molecule has 5 nitrogen and oxygen atoms in total. The van der Waals surface area contributed by atoms with Crippen LogP contribution >= 0.6 is 0 Å². The first-order valence-corrected chi connectivity index (χ1v) is 6.34. The number of aromatic carboxylic acids is 1. The Labute approximate surface area is 120 Å². The summed E-state index contributed by atoms with van der Waals surface area (Å²) >= 11 is 0. The average Bonchev–Trinajstić information content (AvgIpc) is 2.84. The van der Waals surface area contributed by atoms with Crippen molar-refractivity contribution in [3.63, 3.8) is 0 Å². The molecule has 0 spiro atoms. The molecule has 0 bridgehead atoms. The Bertz CT molecular complexity index is 749. The highest BCUT2D eigenvalue weighted by atomic mass is 16.4. The maximum Gasteiger partial charge on any atom is 0.336 e. The van der Waals surface area contributed by atoms with Gasteiger partial charge < -0.3 is 10.4 Å². The number of carboxylic acid groups (broad SMARTS) is 1. The molecule has 2 N–H and O–H groups in total. The van der Waals surface area contributed by atoms with Crippen LogP contribution in [0.25, 0.3) is 0 Å². The predicted molar refractivity (Wildman–Crippen MR) is 75.9 cm³/mol. The summed E-state index contributed by atoms with van der Waals surface area (Å²) in [7, 11) is 0. The van der Waals surface area contributed by atoms with Crippen molar-refractivity contribution in [3.05, 3.63) is 64.7 Å². The summed E-state index contributed by atoms with van der Waals surface area (Å²) in [6.07, 6.45) is 0.727. The van der Waals surface area contributed by atoms with Crippen molar-refractivity contribution < 1.29 is 19.5 Å². The van der Waals surface area contributed by atoms with Crippen molar-refractivity contribution in [3.8, 4) is 0 Å². The molecule has 104 valence electrons. The molecule has 3 rings (SSSR count). The van der Waals surface area contributed by atoms with Crippen LogP contribution in [0.3, 0.4) is 0 Å². The summed E-state index contributed by atoms with van der Waals surface area (Å²) in [5.41, 5.74) is 1.93. The number of fused-ring (bicyclic) bond motifs is 1. The van der Waals surface area contributed by atoms with E-state index in [1.54, 1.807) is 36.4 Å². The largest absolute Gasteiger partial charge is 0.478 e. The molecule has 1 unspecified atom stereocenters. The van der Waals surface area contributed by atoms with Gasteiger partial charge in [0.25, 0.3) is 0 Å². The van der Waals surface area contributed by atoms with E-state index in [4.69, 9.17) is 0 Å². The van der Waals surface area contributed by atoms with Crippen molar-refractivity contribution in [1.29, 1.82) is 0 Å². The number of nitrogens with one attached hydrogen (secondary N) is 1. The van der Waals surface area contributed by atoms with Gasteiger partial charge in [0.1, 0.15) is 12.3 Å². The van der Waals surface area contributed by atoms with Crippen LogP contribution in [-0.4, -0.2) is 23.1 Å². The van der Waals surface area contributed by atoms with Crippen molar-refractivity contribution in [1.82, 2.24) is 0 Å². The third-order valence-corrected chi connectivity index (χ3v) is 3.51. The molecule has 2 aromatic carbocycles. The highest BCUT2D eigenvalue weighted by Crippen LogP contribution is 2.36. The molecule has 0 aliphatic carbocycles. The number of aldehydes is 1. The number of anilines is 1. The zero-order valence-electron chi connectivity index (χ0n) is 10.9. The first-order chi connectivity index (χ1) is 10.1. The molecule has 1 aliphatic heterocycles. The highest BCUT2D eigenvalue weighted by molar-refractivity contribution is 6.16. The molecule has 1 aliphatic rings. The van der Waals surface area contributed by atoms with Gasteiger partial charge in [-0.15, -0.1) is 0 Å². The standard InChI is InChI=1S/C16H11NO4/c18-8-9-4-6-10(7-5-9)14-15(19)13-11(16(20)21)2-1-3-12(13)17-14/h1-8,14,17H,(H,20,21). The number of benzene rings is 2. The molecule has 21 heavy (non-hydrogen) atoms. The summed E-state index contributed by atoms with van der Waals surface area (Å²) in [6.45, 7) is 0. The molecule has 0 saturated heterocycles. The third-order valence-electron chi connectivity index (χ3n) is 3.51. The van der Waals surface area contributed by atoms with Crippen molar-refractivity contribution in [2.75, 3.05) is 5.32 Å². The van der Waals surface area contributed by atoms with Gasteiger partial charge in [0, 0.05) is 11.3 Å². The minimum absolute atomic E-state index is 0.00277. The van der Waals surface area contributed by atoms with Crippen molar-refractivity contribution in [2.45, 2.75) is 6.04 Å². The summed E-state index contributed by atoms with van der Waals surface area (Å²) in [4.78, 5) is 34.3. The number of ketones is 1. The van der Waals surface area contributed by atoms with Gasteiger partial charge in [-0.3, -0.25) is 9.59 Å². The fourth-order valence-electron chi connectivity index (χ4n) is 2.48. The maximum atomic E-state index is 12.5. The maximum absolute atomic E-state index is 12.5. The summed E-state index contributed by atoms with van der Waals surface area (Å²) in [6, 6.07) is 10.7. The summed E-state index contributed by atoms with van der Waals surface area (Å²) in [5.74, 6) is -1.40. The lowest BCUT2D eigenvalue weighted by atomic mass is 9.97. The molecule has 0 aromatic heterocycles. The van der Waals surface area contributed by atoms with Crippen LogP contribution in [0.4, 0.5) is 5.69 Å². The number of carboxylic acids is 1. The topological polar surface area (TPSA) is 83.5 Å². The molecule has 1 atom stereocenters. The van der Waals surface area contributed by atoms with Gasteiger partial charge in [-0.25, -0.2) is 4.79 Å². The monoisotopic (exact) mass is 281 g/mol. The fourth-order valence-corrected chi connectivity index (χ4v) is 2.48. The average molecular weight is 281 g/mol. The lowest BCUT2D eigenvalue weighted by Crippen LogP contribution is -2.14. The Morgan fingerprint density at radius 3 is 2.48 bits per heavy atom. The first kappa shape index (κ1) is 13.1. The molecule has 2 aromatic rings. The van der Waals surface area contributed by atoms with Crippen LogP contribution < -0.4 is 5.32 Å². The minimum Gasteiger partial charge on any atom is -0.478 e. The number of hydrogen-bond acceptors (Lipinski definition) is 4. The number of carbonyl (C=O) groups is 3. The Morgan fingerprint density at radius 1 is 1.14 bits per heavy atom. The Balaban J connectivity index is 2.02. The van der Waals surface area contributed by atoms with Crippen molar-refractivity contribution >= 4 is 23.7 Å². The molecule has 0 fully saturated rings.